The van der Waals surface area contributed by atoms with E-state index in [0.717, 1.165) is 5.56 Å². The molecule has 0 saturated carbocycles. The lowest BCUT2D eigenvalue weighted by atomic mass is 9.87. The van der Waals surface area contributed by atoms with Crippen LogP contribution in [0.2, 0.25) is 0 Å². The number of nitrogens with zero attached hydrogens (tertiary/aromatic N) is 2. The number of aromatic nitrogens is 2. The summed E-state index contributed by atoms with van der Waals surface area (Å²) in [5.74, 6) is -1.73. The standard InChI is InChI=1S/C25H33N4O8P/c1-18(24(32)34-14-10-19-7-5-4-6-8-19)29-38(33)36-17-25(2,3)22(37-38)23(31)28-11-9-21(30)35-16-20-15-26-12-13-27-20/h4-8,12-13,15,18,22H,9-11,14,16-17H2,1-3H3,(H,28,31)(H,29,33)/t18-,22-,38?/m0/s1. The van der Waals surface area contributed by atoms with Crippen LogP contribution in [0.25, 0.3) is 0 Å². The van der Waals surface area contributed by atoms with Gasteiger partial charge in [0, 0.05) is 30.8 Å². The second kappa shape index (κ2) is 13.6. The van der Waals surface area contributed by atoms with Gasteiger partial charge in [-0.15, -0.1) is 0 Å². The average molecular weight is 549 g/mol. The number of esters is 2. The molecule has 38 heavy (non-hydrogen) atoms. The van der Waals surface area contributed by atoms with E-state index in [1.54, 1.807) is 13.8 Å². The fourth-order valence-corrected chi connectivity index (χ4v) is 5.39. The first-order valence-electron chi connectivity index (χ1n) is 12.2. The van der Waals surface area contributed by atoms with E-state index < -0.39 is 43.2 Å². The van der Waals surface area contributed by atoms with Gasteiger partial charge in [0.2, 0.25) is 5.91 Å². The van der Waals surface area contributed by atoms with Crippen molar-refractivity contribution >= 4 is 25.6 Å². The second-order valence-electron chi connectivity index (χ2n) is 9.40. The average Bonchev–Trinajstić information content (AvgIpc) is 2.90. The van der Waals surface area contributed by atoms with Crippen molar-refractivity contribution in [3.8, 4) is 0 Å². The molecule has 2 N–H and O–H groups in total. The molecule has 1 aromatic carbocycles. The number of ether oxygens (including phenoxy) is 2. The lowest BCUT2D eigenvalue weighted by Gasteiger charge is -2.40. The molecule has 206 valence electrons. The van der Waals surface area contributed by atoms with E-state index >= 15 is 0 Å². The van der Waals surface area contributed by atoms with E-state index in [-0.39, 0.29) is 32.8 Å². The van der Waals surface area contributed by atoms with E-state index in [2.05, 4.69) is 20.4 Å². The van der Waals surface area contributed by atoms with Crippen LogP contribution >= 0.6 is 7.75 Å². The van der Waals surface area contributed by atoms with Gasteiger partial charge in [0.15, 0.2) is 6.10 Å². The summed E-state index contributed by atoms with van der Waals surface area (Å²) in [7, 11) is -4.02. The highest BCUT2D eigenvalue weighted by Gasteiger charge is 2.49. The van der Waals surface area contributed by atoms with Crippen molar-refractivity contribution in [3.05, 3.63) is 60.2 Å². The van der Waals surface area contributed by atoms with Gasteiger partial charge in [-0.25, -0.2) is 9.65 Å². The monoisotopic (exact) mass is 548 g/mol. The Balaban J connectivity index is 1.45. The summed E-state index contributed by atoms with van der Waals surface area (Å²) in [6.07, 6.45) is 3.77. The van der Waals surface area contributed by atoms with E-state index in [4.69, 9.17) is 18.5 Å². The van der Waals surface area contributed by atoms with Gasteiger partial charge in [-0.2, -0.15) is 0 Å². The van der Waals surface area contributed by atoms with Crippen molar-refractivity contribution in [1.82, 2.24) is 20.4 Å². The number of hydrogen-bond donors (Lipinski definition) is 2. The predicted octanol–water partition coefficient (Wildman–Crippen LogP) is 2.34. The maximum atomic E-state index is 13.2. The van der Waals surface area contributed by atoms with Crippen molar-refractivity contribution in [2.75, 3.05) is 19.8 Å². The number of carbonyl (C=O) groups excluding carboxylic acids is 3. The molecule has 0 radical (unpaired) electrons. The fourth-order valence-electron chi connectivity index (χ4n) is 3.45. The first-order valence-corrected chi connectivity index (χ1v) is 13.7. The molecule has 1 aliphatic heterocycles. The zero-order valence-electron chi connectivity index (χ0n) is 21.6. The highest BCUT2D eigenvalue weighted by molar-refractivity contribution is 7.51. The van der Waals surface area contributed by atoms with Crippen molar-refractivity contribution in [2.45, 2.75) is 52.4 Å². The first kappa shape index (κ1) is 29.4. The number of amides is 1. The molecule has 3 atom stereocenters. The Labute approximate surface area is 221 Å². The predicted molar refractivity (Wildman–Crippen MR) is 135 cm³/mol. The third kappa shape index (κ3) is 8.98. The minimum atomic E-state index is -4.02. The Hall–Kier alpha value is -3.18. The third-order valence-electron chi connectivity index (χ3n) is 5.61. The number of carbonyl (C=O) groups is 3. The molecule has 1 amide bonds. The molecule has 1 fully saturated rings. The van der Waals surface area contributed by atoms with Crippen molar-refractivity contribution < 1.29 is 37.5 Å². The van der Waals surface area contributed by atoms with Crippen LogP contribution in [0, 0.1) is 5.41 Å². The molecular weight excluding hydrogens is 515 g/mol. The molecular formula is C25H33N4O8P. The van der Waals surface area contributed by atoms with Gasteiger partial charge in [-0.1, -0.05) is 44.2 Å². The Kier molecular flexibility index (Phi) is 10.5. The maximum Gasteiger partial charge on any atom is 0.407 e. The zero-order valence-corrected chi connectivity index (χ0v) is 22.5. The summed E-state index contributed by atoms with van der Waals surface area (Å²) >= 11 is 0. The van der Waals surface area contributed by atoms with Gasteiger partial charge < -0.3 is 14.8 Å². The zero-order chi connectivity index (χ0) is 27.6. The van der Waals surface area contributed by atoms with Gasteiger partial charge in [0.05, 0.1) is 31.5 Å². The van der Waals surface area contributed by atoms with Crippen LogP contribution in [0.1, 0.15) is 38.4 Å². The Morgan fingerprint density at radius 3 is 2.66 bits per heavy atom. The van der Waals surface area contributed by atoms with Crippen molar-refractivity contribution in [3.63, 3.8) is 0 Å². The minimum absolute atomic E-state index is 0.0171. The summed E-state index contributed by atoms with van der Waals surface area (Å²) in [6, 6.07) is 8.53. The molecule has 0 aliphatic carbocycles. The summed E-state index contributed by atoms with van der Waals surface area (Å²) < 4.78 is 34.6. The summed E-state index contributed by atoms with van der Waals surface area (Å²) in [6.45, 7) is 4.95. The van der Waals surface area contributed by atoms with Crippen molar-refractivity contribution in [1.29, 1.82) is 0 Å². The highest BCUT2D eigenvalue weighted by Crippen LogP contribution is 2.53. The smallest absolute Gasteiger partial charge is 0.407 e. The molecule has 1 aromatic heterocycles. The molecule has 2 aromatic rings. The van der Waals surface area contributed by atoms with Gasteiger partial charge in [-0.05, 0) is 12.5 Å². The molecule has 12 nitrogen and oxygen atoms in total. The molecule has 0 spiro atoms. The molecule has 13 heteroatoms. The van der Waals surface area contributed by atoms with Crippen LogP contribution in [0.4, 0.5) is 0 Å². The summed E-state index contributed by atoms with van der Waals surface area (Å²) in [5.41, 5.74) is 0.688. The van der Waals surface area contributed by atoms with Crippen LogP contribution in [0.3, 0.4) is 0 Å². The van der Waals surface area contributed by atoms with Gasteiger partial charge in [0.25, 0.3) is 0 Å². The van der Waals surface area contributed by atoms with Crippen LogP contribution < -0.4 is 10.4 Å². The normalized spacial score (nSPS) is 21.2. The minimum Gasteiger partial charge on any atom is -0.464 e. The summed E-state index contributed by atoms with van der Waals surface area (Å²) in [5, 5.41) is 5.15. The fraction of sp³-hybridized carbons (Fsp3) is 0.480. The quantitative estimate of drug-likeness (QED) is 0.297. The van der Waals surface area contributed by atoms with Gasteiger partial charge in [0.1, 0.15) is 12.6 Å². The number of benzene rings is 1. The molecule has 2 heterocycles. The van der Waals surface area contributed by atoms with E-state index in [0.29, 0.717) is 12.1 Å². The first-order chi connectivity index (χ1) is 18.1. The molecule has 3 rings (SSSR count). The van der Waals surface area contributed by atoms with Crippen LogP contribution in [0.5, 0.6) is 0 Å². The maximum absolute atomic E-state index is 13.2. The summed E-state index contributed by atoms with van der Waals surface area (Å²) in [4.78, 5) is 45.1. The number of rotatable bonds is 12. The van der Waals surface area contributed by atoms with Gasteiger partial charge >= 0.3 is 19.7 Å². The van der Waals surface area contributed by atoms with Crippen LogP contribution in [0.15, 0.2) is 48.9 Å². The highest BCUT2D eigenvalue weighted by atomic mass is 31.2. The van der Waals surface area contributed by atoms with Crippen LogP contribution in [-0.4, -0.2) is 59.7 Å². The van der Waals surface area contributed by atoms with E-state index in [9.17, 15) is 18.9 Å². The Morgan fingerprint density at radius 2 is 1.95 bits per heavy atom. The van der Waals surface area contributed by atoms with Gasteiger partial charge in [-0.3, -0.25) is 33.4 Å². The third-order valence-corrected chi connectivity index (χ3v) is 7.27. The van der Waals surface area contributed by atoms with E-state index in [1.807, 2.05) is 30.3 Å². The Morgan fingerprint density at radius 1 is 1.18 bits per heavy atom. The molecule has 1 unspecified atom stereocenters. The molecule has 0 bridgehead atoms. The number of nitrogens with one attached hydrogen (secondary N) is 2. The van der Waals surface area contributed by atoms with Crippen molar-refractivity contribution in [2.24, 2.45) is 5.41 Å². The SMILES string of the molecule is C[C@H](NP1(=O)OCC(C)(C)[C@H](C(=O)NCCC(=O)OCc2cnccn2)O1)C(=O)OCCc1ccccc1. The second-order valence-corrected chi connectivity index (χ2v) is 11.1. The largest absolute Gasteiger partial charge is 0.464 e. The lowest BCUT2D eigenvalue weighted by molar-refractivity contribution is -0.146. The topological polar surface area (TPSA) is 155 Å². The van der Waals surface area contributed by atoms with E-state index in [1.165, 1.54) is 25.5 Å². The molecule has 1 aliphatic rings. The Bertz CT molecular complexity index is 1130. The lowest BCUT2D eigenvalue weighted by Crippen LogP contribution is -2.51. The molecule has 1 saturated heterocycles. The number of hydrogen-bond acceptors (Lipinski definition) is 10. The van der Waals surface area contributed by atoms with Crippen LogP contribution in [-0.2, 0) is 50.5 Å².